The van der Waals surface area contributed by atoms with Crippen molar-refractivity contribution in [2.75, 3.05) is 13.1 Å². The van der Waals surface area contributed by atoms with Gasteiger partial charge in [-0.05, 0) is 56.7 Å². The minimum Gasteiger partial charge on any atom is -0.356 e. The molecule has 1 aliphatic heterocycles. The van der Waals surface area contributed by atoms with Crippen LogP contribution >= 0.6 is 0 Å². The van der Waals surface area contributed by atoms with Crippen molar-refractivity contribution < 1.29 is 14.4 Å². The number of carbonyl (C=O) groups excluding carboxylic acids is 3. The van der Waals surface area contributed by atoms with Gasteiger partial charge < -0.3 is 5.32 Å². The van der Waals surface area contributed by atoms with Crippen LogP contribution in [0.5, 0.6) is 0 Å². The molecule has 1 aromatic carbocycles. The molecule has 2 unspecified atom stereocenters. The molecule has 0 spiro atoms. The summed E-state index contributed by atoms with van der Waals surface area (Å²) in [4.78, 5) is 38.4. The second-order valence-corrected chi connectivity index (χ2v) is 8.05. The molecule has 5 nitrogen and oxygen atoms in total. The highest BCUT2D eigenvalue weighted by Gasteiger charge is 2.47. The summed E-state index contributed by atoms with van der Waals surface area (Å²) in [6.07, 6.45) is 4.64. The van der Waals surface area contributed by atoms with E-state index in [4.69, 9.17) is 0 Å². The third kappa shape index (κ3) is 4.23. The Bertz CT molecular complexity index is 709. The summed E-state index contributed by atoms with van der Waals surface area (Å²) in [6.45, 7) is 7.06. The van der Waals surface area contributed by atoms with Crippen LogP contribution in [-0.4, -0.2) is 35.7 Å². The second kappa shape index (κ2) is 8.24. The predicted octanol–water partition coefficient (Wildman–Crippen LogP) is 2.84. The van der Waals surface area contributed by atoms with Crippen LogP contribution in [0.1, 0.15) is 54.4 Å². The summed E-state index contributed by atoms with van der Waals surface area (Å²) in [6, 6.07) is 4.32. The van der Waals surface area contributed by atoms with E-state index in [-0.39, 0.29) is 42.5 Å². The fourth-order valence-corrected chi connectivity index (χ4v) is 4.68. The monoisotopic (exact) mass is 370 g/mol. The van der Waals surface area contributed by atoms with Gasteiger partial charge in [-0.3, -0.25) is 19.3 Å². The van der Waals surface area contributed by atoms with Gasteiger partial charge in [-0.15, -0.1) is 0 Å². The van der Waals surface area contributed by atoms with E-state index >= 15 is 0 Å². The van der Waals surface area contributed by atoms with Crippen molar-refractivity contribution in [3.8, 4) is 0 Å². The number of benzene rings is 1. The molecule has 5 heteroatoms. The number of hydrogen-bond donors (Lipinski definition) is 1. The average molecular weight is 370 g/mol. The van der Waals surface area contributed by atoms with Gasteiger partial charge in [-0.25, -0.2) is 0 Å². The minimum absolute atomic E-state index is 0.0663. The molecular formula is C22H30N2O3. The maximum Gasteiger partial charge on any atom is 0.233 e. The van der Waals surface area contributed by atoms with Crippen molar-refractivity contribution in [3.63, 3.8) is 0 Å². The highest BCUT2D eigenvalue weighted by Crippen LogP contribution is 2.37. The van der Waals surface area contributed by atoms with E-state index in [9.17, 15) is 14.4 Å². The second-order valence-electron chi connectivity index (χ2n) is 8.05. The van der Waals surface area contributed by atoms with Gasteiger partial charge >= 0.3 is 0 Å². The van der Waals surface area contributed by atoms with Crippen LogP contribution < -0.4 is 5.32 Å². The van der Waals surface area contributed by atoms with Gasteiger partial charge in [0.05, 0.1) is 11.8 Å². The van der Waals surface area contributed by atoms with E-state index in [2.05, 4.69) is 38.2 Å². The molecule has 1 aromatic rings. The van der Waals surface area contributed by atoms with Crippen LogP contribution in [0.15, 0.2) is 12.1 Å². The number of fused-ring (bicyclic) bond motifs is 1. The van der Waals surface area contributed by atoms with Gasteiger partial charge in [0.1, 0.15) is 0 Å². The molecule has 2 fully saturated rings. The van der Waals surface area contributed by atoms with Gasteiger partial charge in [0.15, 0.2) is 0 Å². The van der Waals surface area contributed by atoms with Crippen molar-refractivity contribution in [1.82, 2.24) is 10.2 Å². The number of rotatable bonds is 6. The standard InChI is InChI=1S/C22H30N2O3/c1-14-12-15(2)17(16(3)13-14)8-10-23-20(25)9-11-24-21(26)18-6-4-5-7-19(18)22(24)27/h12-13,18-19H,4-11H2,1-3H3,(H,23,25). The third-order valence-corrected chi connectivity index (χ3v) is 6.03. The van der Waals surface area contributed by atoms with Crippen molar-refractivity contribution >= 4 is 17.7 Å². The number of aryl methyl sites for hydroxylation is 3. The zero-order valence-corrected chi connectivity index (χ0v) is 16.6. The molecular weight excluding hydrogens is 340 g/mol. The normalized spacial score (nSPS) is 22.1. The maximum absolute atomic E-state index is 12.4. The van der Waals surface area contributed by atoms with Crippen molar-refractivity contribution in [2.24, 2.45) is 11.8 Å². The van der Waals surface area contributed by atoms with E-state index in [1.165, 1.54) is 27.2 Å². The highest BCUT2D eigenvalue weighted by atomic mass is 16.2. The number of nitrogens with one attached hydrogen (secondary N) is 1. The molecule has 1 heterocycles. The van der Waals surface area contributed by atoms with Gasteiger partial charge in [-0.1, -0.05) is 30.5 Å². The lowest BCUT2D eigenvalue weighted by Crippen LogP contribution is -2.36. The van der Waals surface area contributed by atoms with E-state index in [1.807, 2.05) is 0 Å². The van der Waals surface area contributed by atoms with Crippen molar-refractivity contribution in [2.45, 2.75) is 59.3 Å². The molecule has 1 aliphatic carbocycles. The molecule has 3 amide bonds. The molecule has 27 heavy (non-hydrogen) atoms. The van der Waals surface area contributed by atoms with Crippen molar-refractivity contribution in [3.05, 3.63) is 34.4 Å². The number of carbonyl (C=O) groups is 3. The predicted molar refractivity (Wildman–Crippen MR) is 104 cm³/mol. The molecule has 1 saturated heterocycles. The van der Waals surface area contributed by atoms with Crippen LogP contribution in [0.2, 0.25) is 0 Å². The van der Waals surface area contributed by atoms with Crippen LogP contribution in [0.3, 0.4) is 0 Å². The molecule has 2 aliphatic rings. The van der Waals surface area contributed by atoms with E-state index in [1.54, 1.807) is 0 Å². The zero-order valence-electron chi connectivity index (χ0n) is 16.6. The fourth-order valence-electron chi connectivity index (χ4n) is 4.68. The Morgan fingerprint density at radius 1 is 1.04 bits per heavy atom. The first-order chi connectivity index (χ1) is 12.9. The maximum atomic E-state index is 12.4. The molecule has 0 radical (unpaired) electrons. The largest absolute Gasteiger partial charge is 0.356 e. The van der Waals surface area contributed by atoms with Crippen LogP contribution in [0, 0.1) is 32.6 Å². The Hall–Kier alpha value is -2.17. The number of amides is 3. The summed E-state index contributed by atoms with van der Waals surface area (Å²) in [5, 5.41) is 2.93. The SMILES string of the molecule is Cc1cc(C)c(CCNC(=O)CCN2C(=O)C3CCCCC3C2=O)c(C)c1. The Morgan fingerprint density at radius 2 is 1.59 bits per heavy atom. The molecule has 1 saturated carbocycles. The molecule has 0 aromatic heterocycles. The first-order valence-corrected chi connectivity index (χ1v) is 10.1. The van der Waals surface area contributed by atoms with Crippen molar-refractivity contribution in [1.29, 1.82) is 0 Å². The molecule has 3 rings (SSSR count). The summed E-state index contributed by atoms with van der Waals surface area (Å²) < 4.78 is 0. The minimum atomic E-state index is -0.137. The average Bonchev–Trinajstić information content (AvgIpc) is 2.86. The van der Waals surface area contributed by atoms with E-state index in [0.29, 0.717) is 6.54 Å². The van der Waals surface area contributed by atoms with E-state index < -0.39 is 0 Å². The number of likely N-dealkylation sites (tertiary alicyclic amines) is 1. The molecule has 1 N–H and O–H groups in total. The van der Waals surface area contributed by atoms with Crippen LogP contribution in [0.4, 0.5) is 0 Å². The summed E-state index contributed by atoms with van der Waals surface area (Å²) in [5.41, 5.74) is 5.02. The van der Waals surface area contributed by atoms with Gasteiger partial charge in [0.25, 0.3) is 0 Å². The fraction of sp³-hybridized carbons (Fsp3) is 0.591. The smallest absolute Gasteiger partial charge is 0.233 e. The topological polar surface area (TPSA) is 66.5 Å². The summed E-state index contributed by atoms with van der Waals surface area (Å²) in [7, 11) is 0. The summed E-state index contributed by atoms with van der Waals surface area (Å²) >= 11 is 0. The Balaban J connectivity index is 1.46. The van der Waals surface area contributed by atoms with Gasteiger partial charge in [0, 0.05) is 19.5 Å². The van der Waals surface area contributed by atoms with Crippen LogP contribution in [-0.2, 0) is 20.8 Å². The quantitative estimate of drug-likeness (QED) is 0.783. The lowest BCUT2D eigenvalue weighted by atomic mass is 9.81. The first kappa shape index (κ1) is 19.6. The van der Waals surface area contributed by atoms with E-state index in [0.717, 1.165) is 32.1 Å². The zero-order chi connectivity index (χ0) is 19.6. The first-order valence-electron chi connectivity index (χ1n) is 10.1. The molecule has 2 atom stereocenters. The lowest BCUT2D eigenvalue weighted by molar-refractivity contribution is -0.140. The Morgan fingerprint density at radius 3 is 2.15 bits per heavy atom. The summed E-state index contributed by atoms with van der Waals surface area (Å²) in [5.74, 6) is -0.511. The number of nitrogens with zero attached hydrogens (tertiary/aromatic N) is 1. The van der Waals surface area contributed by atoms with Crippen LogP contribution in [0.25, 0.3) is 0 Å². The van der Waals surface area contributed by atoms with Gasteiger partial charge in [0.2, 0.25) is 17.7 Å². The molecule has 146 valence electrons. The third-order valence-electron chi connectivity index (χ3n) is 6.03. The lowest BCUT2D eigenvalue weighted by Gasteiger charge is -2.19. The Labute approximate surface area is 161 Å². The molecule has 0 bridgehead atoms. The Kier molecular flexibility index (Phi) is 5.98. The highest BCUT2D eigenvalue weighted by molar-refractivity contribution is 6.05. The number of imide groups is 1. The van der Waals surface area contributed by atoms with Gasteiger partial charge in [-0.2, -0.15) is 0 Å². The number of hydrogen-bond acceptors (Lipinski definition) is 3.